The van der Waals surface area contributed by atoms with E-state index < -0.39 is 0 Å². The Morgan fingerprint density at radius 2 is 2.32 bits per heavy atom. The molecule has 0 amide bonds. The summed E-state index contributed by atoms with van der Waals surface area (Å²) in [4.78, 5) is 8.62. The molecule has 0 aliphatic rings. The van der Waals surface area contributed by atoms with E-state index in [4.69, 9.17) is 9.47 Å². The first-order valence-corrected chi connectivity index (χ1v) is 6.62. The third kappa shape index (κ3) is 3.36. The van der Waals surface area contributed by atoms with Gasteiger partial charge in [0, 0.05) is 18.9 Å². The fourth-order valence-electron chi connectivity index (χ4n) is 1.53. The van der Waals surface area contributed by atoms with Crippen LogP contribution < -0.4 is 0 Å². The Balaban J connectivity index is 2.22. The highest BCUT2D eigenvalue weighted by Gasteiger charge is 2.10. The van der Waals surface area contributed by atoms with Gasteiger partial charge in [0.1, 0.15) is 5.76 Å². The highest BCUT2D eigenvalue weighted by Crippen LogP contribution is 2.22. The molecule has 19 heavy (non-hydrogen) atoms. The molecule has 2 aromatic heterocycles. The zero-order chi connectivity index (χ0) is 13.7. The second kappa shape index (κ2) is 6.40. The van der Waals surface area contributed by atoms with E-state index >= 15 is 0 Å². The summed E-state index contributed by atoms with van der Waals surface area (Å²) in [6.45, 7) is 6.77. The largest absolute Gasteiger partial charge is 0.491 e. The molecule has 0 aromatic carbocycles. The molecule has 2 rings (SSSR count). The van der Waals surface area contributed by atoms with Crippen LogP contribution in [0.3, 0.4) is 0 Å². The van der Waals surface area contributed by atoms with Crippen molar-refractivity contribution >= 4 is 17.3 Å². The number of methoxy groups -OCH3 is 1. The average Bonchev–Trinajstić information content (AvgIpc) is 2.89. The van der Waals surface area contributed by atoms with Crippen LogP contribution in [0.4, 0.5) is 0 Å². The molecule has 6 heteroatoms. The second-order valence-electron chi connectivity index (χ2n) is 3.75. The molecule has 5 nitrogen and oxygen atoms in total. The van der Waals surface area contributed by atoms with Crippen LogP contribution in [0.1, 0.15) is 17.6 Å². The van der Waals surface area contributed by atoms with Crippen molar-refractivity contribution in [1.82, 2.24) is 14.3 Å². The second-order valence-corrected chi connectivity index (χ2v) is 4.50. The van der Waals surface area contributed by atoms with Crippen LogP contribution in [0.15, 0.2) is 24.9 Å². The van der Waals surface area contributed by atoms with Crippen LogP contribution in [0.5, 0.6) is 0 Å². The van der Waals surface area contributed by atoms with Crippen molar-refractivity contribution in [2.24, 2.45) is 0 Å². The minimum atomic E-state index is 0.469. The Morgan fingerprint density at radius 3 is 3.05 bits per heavy atom. The molecular formula is C13H15N3O2S. The number of ether oxygens (including phenoxy) is 2. The van der Waals surface area contributed by atoms with Gasteiger partial charge in [-0.15, -0.1) is 0 Å². The minimum absolute atomic E-state index is 0.469. The van der Waals surface area contributed by atoms with E-state index in [1.54, 1.807) is 13.3 Å². The third-order valence-electron chi connectivity index (χ3n) is 2.35. The SMILES string of the molecule is C=C(OCC)c1nc(-c2ccnc(COC)c2)ns1. The van der Waals surface area contributed by atoms with Gasteiger partial charge in [0.05, 0.1) is 18.9 Å². The van der Waals surface area contributed by atoms with Crippen LogP contribution in [0.2, 0.25) is 0 Å². The molecule has 0 aliphatic carbocycles. The summed E-state index contributed by atoms with van der Waals surface area (Å²) in [7, 11) is 1.64. The van der Waals surface area contributed by atoms with E-state index in [1.807, 2.05) is 19.1 Å². The van der Waals surface area contributed by atoms with E-state index in [0.717, 1.165) is 11.3 Å². The van der Waals surface area contributed by atoms with Gasteiger partial charge in [-0.3, -0.25) is 4.98 Å². The van der Waals surface area contributed by atoms with Crippen molar-refractivity contribution in [3.8, 4) is 11.4 Å². The summed E-state index contributed by atoms with van der Waals surface area (Å²) in [6, 6.07) is 3.78. The molecule has 0 bridgehead atoms. The molecular weight excluding hydrogens is 262 g/mol. The molecule has 0 saturated carbocycles. The first-order chi connectivity index (χ1) is 9.24. The first kappa shape index (κ1) is 13.6. The van der Waals surface area contributed by atoms with Gasteiger partial charge in [-0.2, -0.15) is 4.37 Å². The van der Waals surface area contributed by atoms with E-state index in [2.05, 4.69) is 20.9 Å². The monoisotopic (exact) mass is 277 g/mol. The molecule has 0 aliphatic heterocycles. The van der Waals surface area contributed by atoms with E-state index in [0.29, 0.717) is 29.8 Å². The molecule has 0 unspecified atom stereocenters. The van der Waals surface area contributed by atoms with Gasteiger partial charge in [-0.25, -0.2) is 4.98 Å². The van der Waals surface area contributed by atoms with Gasteiger partial charge in [0.2, 0.25) is 0 Å². The fourth-order valence-corrected chi connectivity index (χ4v) is 2.14. The van der Waals surface area contributed by atoms with E-state index in [-0.39, 0.29) is 0 Å². The third-order valence-corrected chi connectivity index (χ3v) is 3.11. The highest BCUT2D eigenvalue weighted by atomic mass is 32.1. The number of rotatable bonds is 6. The van der Waals surface area contributed by atoms with Crippen molar-refractivity contribution < 1.29 is 9.47 Å². The standard InChI is InChI=1S/C13H15N3O2S/c1-4-18-9(2)13-15-12(16-19-13)10-5-6-14-11(7-10)8-17-3/h5-7H,2,4,8H2,1,3H3. The molecule has 2 aromatic rings. The minimum Gasteiger partial charge on any atom is -0.491 e. The highest BCUT2D eigenvalue weighted by molar-refractivity contribution is 7.06. The summed E-state index contributed by atoms with van der Waals surface area (Å²) in [6.07, 6.45) is 1.72. The van der Waals surface area contributed by atoms with Crippen LogP contribution in [0.25, 0.3) is 17.1 Å². The Kier molecular flexibility index (Phi) is 4.59. The Labute approximate surface area is 116 Å². The maximum Gasteiger partial charge on any atom is 0.178 e. The summed E-state index contributed by atoms with van der Waals surface area (Å²) >= 11 is 1.27. The lowest BCUT2D eigenvalue weighted by molar-refractivity contribution is 0.181. The molecule has 0 spiro atoms. The molecule has 100 valence electrons. The van der Waals surface area contributed by atoms with E-state index in [9.17, 15) is 0 Å². The van der Waals surface area contributed by atoms with Gasteiger partial charge in [-0.05, 0) is 30.6 Å². The molecule has 0 fully saturated rings. The summed E-state index contributed by atoms with van der Waals surface area (Å²) < 4.78 is 14.7. The van der Waals surface area contributed by atoms with Crippen LogP contribution in [-0.4, -0.2) is 28.1 Å². The topological polar surface area (TPSA) is 57.1 Å². The number of hydrogen-bond acceptors (Lipinski definition) is 6. The van der Waals surface area contributed by atoms with Crippen molar-refractivity contribution in [3.63, 3.8) is 0 Å². The van der Waals surface area contributed by atoms with Gasteiger partial charge < -0.3 is 9.47 Å². The molecule has 0 atom stereocenters. The Morgan fingerprint density at radius 1 is 1.47 bits per heavy atom. The Hall–Kier alpha value is -1.79. The van der Waals surface area contributed by atoms with E-state index in [1.165, 1.54) is 11.5 Å². The van der Waals surface area contributed by atoms with Crippen molar-refractivity contribution in [2.45, 2.75) is 13.5 Å². The lowest BCUT2D eigenvalue weighted by atomic mass is 10.2. The van der Waals surface area contributed by atoms with Crippen molar-refractivity contribution in [3.05, 3.63) is 35.6 Å². The zero-order valence-electron chi connectivity index (χ0n) is 10.9. The number of aromatic nitrogens is 3. The number of hydrogen-bond donors (Lipinski definition) is 0. The maximum absolute atomic E-state index is 5.32. The van der Waals surface area contributed by atoms with Crippen molar-refractivity contribution in [2.75, 3.05) is 13.7 Å². The summed E-state index contributed by atoms with van der Waals surface area (Å²) in [5.74, 6) is 1.21. The predicted molar refractivity (Wildman–Crippen MR) is 74.5 cm³/mol. The molecule has 0 saturated heterocycles. The van der Waals surface area contributed by atoms with Crippen LogP contribution >= 0.6 is 11.5 Å². The van der Waals surface area contributed by atoms with Gasteiger partial charge >= 0.3 is 0 Å². The van der Waals surface area contributed by atoms with Gasteiger partial charge in [0.25, 0.3) is 0 Å². The Bertz CT molecular complexity index is 569. The zero-order valence-corrected chi connectivity index (χ0v) is 11.7. The number of nitrogens with zero attached hydrogens (tertiary/aromatic N) is 3. The molecule has 0 N–H and O–H groups in total. The average molecular weight is 277 g/mol. The maximum atomic E-state index is 5.32. The van der Waals surface area contributed by atoms with Gasteiger partial charge in [0.15, 0.2) is 10.8 Å². The quantitative estimate of drug-likeness (QED) is 0.760. The van der Waals surface area contributed by atoms with Gasteiger partial charge in [-0.1, -0.05) is 6.58 Å². The number of pyridine rings is 1. The fraction of sp³-hybridized carbons (Fsp3) is 0.308. The first-order valence-electron chi connectivity index (χ1n) is 5.84. The van der Waals surface area contributed by atoms with Crippen molar-refractivity contribution in [1.29, 1.82) is 0 Å². The van der Waals surface area contributed by atoms with Crippen LogP contribution in [-0.2, 0) is 16.1 Å². The summed E-state index contributed by atoms with van der Waals surface area (Å²) in [5.41, 5.74) is 1.76. The normalized spacial score (nSPS) is 10.4. The molecule has 2 heterocycles. The predicted octanol–water partition coefficient (Wildman–Crippen LogP) is 2.75. The van der Waals surface area contributed by atoms with Crippen LogP contribution in [0, 0.1) is 0 Å². The molecule has 0 radical (unpaired) electrons. The smallest absolute Gasteiger partial charge is 0.178 e. The lowest BCUT2D eigenvalue weighted by Crippen LogP contribution is -1.93. The summed E-state index contributed by atoms with van der Waals surface area (Å²) in [5, 5.41) is 0.696. The lowest BCUT2D eigenvalue weighted by Gasteiger charge is -2.01.